The molecule has 0 bridgehead atoms. The van der Waals surface area contributed by atoms with Gasteiger partial charge in [-0.05, 0) is 6.92 Å². The largest absolute Gasteiger partial charge is 0.383 e. The quantitative estimate of drug-likeness (QED) is 0.618. The second-order valence-electron chi connectivity index (χ2n) is 2.97. The molecule has 0 saturated carbocycles. The minimum absolute atomic E-state index is 0.465. The van der Waals surface area contributed by atoms with Gasteiger partial charge in [0.05, 0.1) is 0 Å². The Bertz CT molecular complexity index is 475. The van der Waals surface area contributed by atoms with Crippen molar-refractivity contribution in [3.8, 4) is 0 Å². The predicted octanol–water partition coefficient (Wildman–Crippen LogP) is 1.88. The number of hydrogen-bond acceptors (Lipinski definition) is 4. The Morgan fingerprint density at radius 1 is 1.27 bits per heavy atom. The molecule has 4 nitrogen and oxygen atoms in total. The Hall–Kier alpha value is -1.75. The van der Waals surface area contributed by atoms with Crippen LogP contribution in [0, 0.1) is 6.92 Å². The molecule has 0 spiro atoms. The summed E-state index contributed by atoms with van der Waals surface area (Å²) in [6.45, 7) is 1.88. The first kappa shape index (κ1) is 9.79. The zero-order valence-corrected chi connectivity index (χ0v) is 9.03. The Kier molecular flexibility index (Phi) is 2.73. The summed E-state index contributed by atoms with van der Waals surface area (Å²) in [5.41, 5.74) is 6.72. The van der Waals surface area contributed by atoms with Gasteiger partial charge in [-0.3, -0.25) is 0 Å². The van der Waals surface area contributed by atoms with Crippen molar-refractivity contribution in [3.63, 3.8) is 0 Å². The predicted molar refractivity (Wildman–Crippen MR) is 61.5 cm³/mol. The third-order valence-electron chi connectivity index (χ3n) is 1.80. The lowest BCUT2D eigenvalue weighted by Crippen LogP contribution is -2.12. The van der Waals surface area contributed by atoms with Gasteiger partial charge in [0.25, 0.3) is 0 Å². The highest BCUT2D eigenvalue weighted by Gasteiger charge is 2.01. The second kappa shape index (κ2) is 4.18. The minimum atomic E-state index is 0.465. The molecule has 1 heterocycles. The molecule has 1 aromatic carbocycles. The molecular formula is C10H10N4S. The molecule has 0 radical (unpaired) electrons. The van der Waals surface area contributed by atoms with E-state index in [1.54, 1.807) is 0 Å². The summed E-state index contributed by atoms with van der Waals surface area (Å²) in [6, 6.07) is 9.59. The Balaban J connectivity index is 2.28. The Morgan fingerprint density at radius 2 is 2.00 bits per heavy atom. The van der Waals surface area contributed by atoms with Crippen molar-refractivity contribution in [2.45, 2.75) is 6.92 Å². The van der Waals surface area contributed by atoms with Crippen LogP contribution in [0.4, 0.5) is 5.13 Å². The molecule has 2 aromatic rings. The van der Waals surface area contributed by atoms with E-state index in [9.17, 15) is 0 Å². The summed E-state index contributed by atoms with van der Waals surface area (Å²) in [5.74, 6) is 0.465. The minimum Gasteiger partial charge on any atom is -0.383 e. The van der Waals surface area contributed by atoms with Crippen LogP contribution in [0.25, 0.3) is 0 Å². The number of aryl methyl sites for hydroxylation is 1. The number of rotatable bonds is 2. The number of benzene rings is 1. The number of aliphatic imine (C=N–C) groups is 1. The first-order chi connectivity index (χ1) is 7.25. The van der Waals surface area contributed by atoms with Gasteiger partial charge in [-0.2, -0.15) is 0 Å². The normalized spacial score (nSPS) is 11.7. The number of nitrogens with zero attached hydrogens (tertiary/aromatic N) is 3. The third-order valence-corrected chi connectivity index (χ3v) is 2.53. The molecule has 0 atom stereocenters. The number of amidine groups is 1. The van der Waals surface area contributed by atoms with Gasteiger partial charge in [-0.1, -0.05) is 41.7 Å². The van der Waals surface area contributed by atoms with Crippen molar-refractivity contribution in [2.24, 2.45) is 10.7 Å². The monoisotopic (exact) mass is 218 g/mol. The molecule has 0 unspecified atom stereocenters. The van der Waals surface area contributed by atoms with Gasteiger partial charge in [0.1, 0.15) is 10.8 Å². The fourth-order valence-corrected chi connectivity index (χ4v) is 1.68. The highest BCUT2D eigenvalue weighted by Crippen LogP contribution is 2.17. The molecular weight excluding hydrogens is 208 g/mol. The van der Waals surface area contributed by atoms with E-state index in [4.69, 9.17) is 5.73 Å². The summed E-state index contributed by atoms with van der Waals surface area (Å²) in [4.78, 5) is 4.19. The lowest BCUT2D eigenvalue weighted by molar-refractivity contribution is 1.04. The lowest BCUT2D eigenvalue weighted by Gasteiger charge is -1.97. The Labute approximate surface area is 91.5 Å². The van der Waals surface area contributed by atoms with E-state index < -0.39 is 0 Å². The van der Waals surface area contributed by atoms with E-state index in [1.807, 2.05) is 37.3 Å². The summed E-state index contributed by atoms with van der Waals surface area (Å²) in [6.07, 6.45) is 0. The van der Waals surface area contributed by atoms with Crippen LogP contribution >= 0.6 is 11.3 Å². The average Bonchev–Trinajstić information content (AvgIpc) is 2.65. The van der Waals surface area contributed by atoms with Gasteiger partial charge in [0.2, 0.25) is 5.13 Å². The van der Waals surface area contributed by atoms with Crippen molar-refractivity contribution in [3.05, 3.63) is 40.9 Å². The van der Waals surface area contributed by atoms with Crippen LogP contribution in [-0.4, -0.2) is 16.0 Å². The average molecular weight is 218 g/mol. The number of hydrogen-bond donors (Lipinski definition) is 1. The van der Waals surface area contributed by atoms with Crippen LogP contribution in [0.1, 0.15) is 10.6 Å². The standard InChI is InChI=1S/C10H10N4S/c1-7-13-14-10(15-7)12-9(11)8-5-3-2-4-6-8/h2-6H,1H3,(H2,11,12,14). The molecule has 0 amide bonds. The van der Waals surface area contributed by atoms with Gasteiger partial charge < -0.3 is 5.73 Å². The molecule has 5 heteroatoms. The molecule has 0 saturated heterocycles. The second-order valence-corrected chi connectivity index (χ2v) is 4.13. The maximum absolute atomic E-state index is 5.83. The SMILES string of the molecule is Cc1nnc(/N=C(\N)c2ccccc2)s1. The molecule has 0 fully saturated rings. The molecule has 1 aromatic heterocycles. The zero-order chi connectivity index (χ0) is 10.7. The van der Waals surface area contributed by atoms with Crippen LogP contribution in [0.2, 0.25) is 0 Å². The van der Waals surface area contributed by atoms with E-state index >= 15 is 0 Å². The summed E-state index contributed by atoms with van der Waals surface area (Å²) < 4.78 is 0. The summed E-state index contributed by atoms with van der Waals surface area (Å²) in [5, 5.41) is 9.23. The van der Waals surface area contributed by atoms with Crippen LogP contribution in [0.15, 0.2) is 35.3 Å². The molecule has 76 valence electrons. The van der Waals surface area contributed by atoms with Crippen LogP contribution < -0.4 is 5.73 Å². The summed E-state index contributed by atoms with van der Waals surface area (Å²) in [7, 11) is 0. The maximum Gasteiger partial charge on any atom is 0.233 e. The van der Waals surface area contributed by atoms with Crippen molar-refractivity contribution < 1.29 is 0 Å². The van der Waals surface area contributed by atoms with E-state index in [2.05, 4.69) is 15.2 Å². The van der Waals surface area contributed by atoms with E-state index in [0.29, 0.717) is 11.0 Å². The highest BCUT2D eigenvalue weighted by atomic mass is 32.1. The lowest BCUT2D eigenvalue weighted by atomic mass is 10.2. The van der Waals surface area contributed by atoms with Gasteiger partial charge >= 0.3 is 0 Å². The fourth-order valence-electron chi connectivity index (χ4n) is 1.11. The maximum atomic E-state index is 5.83. The first-order valence-electron chi connectivity index (χ1n) is 4.45. The van der Waals surface area contributed by atoms with E-state index in [0.717, 1.165) is 10.6 Å². The zero-order valence-electron chi connectivity index (χ0n) is 8.21. The first-order valence-corrected chi connectivity index (χ1v) is 5.27. The van der Waals surface area contributed by atoms with Crippen LogP contribution in [-0.2, 0) is 0 Å². The molecule has 0 aliphatic rings. The molecule has 2 N–H and O–H groups in total. The molecule has 0 aliphatic carbocycles. The van der Waals surface area contributed by atoms with Crippen molar-refractivity contribution >= 4 is 22.3 Å². The smallest absolute Gasteiger partial charge is 0.233 e. The third kappa shape index (κ3) is 2.38. The van der Waals surface area contributed by atoms with Gasteiger partial charge in [-0.15, -0.1) is 10.2 Å². The van der Waals surface area contributed by atoms with Gasteiger partial charge in [-0.25, -0.2) is 4.99 Å². The molecule has 2 rings (SSSR count). The topological polar surface area (TPSA) is 64.2 Å². The molecule has 15 heavy (non-hydrogen) atoms. The van der Waals surface area contributed by atoms with E-state index in [-0.39, 0.29) is 0 Å². The number of aromatic nitrogens is 2. The van der Waals surface area contributed by atoms with Crippen molar-refractivity contribution in [2.75, 3.05) is 0 Å². The summed E-state index contributed by atoms with van der Waals surface area (Å²) >= 11 is 1.42. The van der Waals surface area contributed by atoms with Gasteiger partial charge in [0.15, 0.2) is 0 Å². The van der Waals surface area contributed by atoms with Crippen LogP contribution in [0.5, 0.6) is 0 Å². The van der Waals surface area contributed by atoms with E-state index in [1.165, 1.54) is 11.3 Å². The number of nitrogens with two attached hydrogens (primary N) is 1. The Morgan fingerprint density at radius 3 is 2.60 bits per heavy atom. The van der Waals surface area contributed by atoms with Crippen molar-refractivity contribution in [1.29, 1.82) is 0 Å². The van der Waals surface area contributed by atoms with Crippen LogP contribution in [0.3, 0.4) is 0 Å². The highest BCUT2D eigenvalue weighted by molar-refractivity contribution is 7.14. The van der Waals surface area contributed by atoms with Crippen molar-refractivity contribution in [1.82, 2.24) is 10.2 Å². The van der Waals surface area contributed by atoms with Gasteiger partial charge in [0, 0.05) is 5.56 Å². The fraction of sp³-hybridized carbons (Fsp3) is 0.100. The molecule has 0 aliphatic heterocycles.